The number of aryl methyl sites for hydroxylation is 2. The minimum Gasteiger partial charge on any atom is -0.444 e. The van der Waals surface area contributed by atoms with Crippen LogP contribution < -0.4 is 10.6 Å². The fourth-order valence-electron chi connectivity index (χ4n) is 4.48. The predicted molar refractivity (Wildman–Crippen MR) is 144 cm³/mol. The molecule has 0 aliphatic heterocycles. The Kier molecular flexibility index (Phi) is 10.8. The summed E-state index contributed by atoms with van der Waals surface area (Å²) < 4.78 is 5.46. The molecule has 0 bridgehead atoms. The van der Waals surface area contributed by atoms with E-state index in [2.05, 4.69) is 23.6 Å². The van der Waals surface area contributed by atoms with Gasteiger partial charge >= 0.3 is 6.09 Å². The zero-order valence-electron chi connectivity index (χ0n) is 23.6. The van der Waals surface area contributed by atoms with E-state index in [1.54, 1.807) is 25.7 Å². The quantitative estimate of drug-likeness (QED) is 0.366. The van der Waals surface area contributed by atoms with E-state index >= 15 is 0 Å². The van der Waals surface area contributed by atoms with Crippen LogP contribution in [-0.2, 0) is 14.3 Å². The summed E-state index contributed by atoms with van der Waals surface area (Å²) in [6.45, 7) is 16.1. The summed E-state index contributed by atoms with van der Waals surface area (Å²) in [5.74, 6) is -0.237. The number of unbranched alkanes of at least 4 members (excludes halogenated alkanes) is 2. The Hall–Kier alpha value is -2.57. The van der Waals surface area contributed by atoms with E-state index in [9.17, 15) is 14.4 Å². The molecule has 2 N–H and O–H groups in total. The fourth-order valence-corrected chi connectivity index (χ4v) is 4.48. The van der Waals surface area contributed by atoms with Crippen LogP contribution in [0.4, 0.5) is 4.79 Å². The number of hydrogen-bond acceptors (Lipinski definition) is 4. The van der Waals surface area contributed by atoms with Crippen molar-refractivity contribution in [3.8, 4) is 0 Å². The molecule has 0 spiro atoms. The molecule has 7 nitrogen and oxygen atoms in total. The Morgan fingerprint density at radius 3 is 2.17 bits per heavy atom. The molecule has 2 unspecified atom stereocenters. The molecule has 1 aliphatic rings. The summed E-state index contributed by atoms with van der Waals surface area (Å²) >= 11 is 0. The summed E-state index contributed by atoms with van der Waals surface area (Å²) in [7, 11) is 0. The molecule has 36 heavy (non-hydrogen) atoms. The van der Waals surface area contributed by atoms with Crippen LogP contribution in [0, 0.1) is 19.8 Å². The lowest BCUT2D eigenvalue weighted by atomic mass is 9.96. The van der Waals surface area contributed by atoms with Crippen LogP contribution in [0.15, 0.2) is 18.2 Å². The van der Waals surface area contributed by atoms with Gasteiger partial charge in [0.25, 0.3) is 0 Å². The first-order valence-electron chi connectivity index (χ1n) is 13.5. The maximum atomic E-state index is 14.1. The number of ether oxygens (including phenoxy) is 1. The number of nitrogens with one attached hydrogen (secondary N) is 2. The van der Waals surface area contributed by atoms with Crippen molar-refractivity contribution in [2.75, 3.05) is 6.54 Å². The van der Waals surface area contributed by atoms with Crippen molar-refractivity contribution in [2.45, 2.75) is 118 Å². The number of alkyl carbamates (subject to hydrolysis) is 1. The van der Waals surface area contributed by atoms with Crippen LogP contribution in [0.2, 0.25) is 0 Å². The highest BCUT2D eigenvalue weighted by Crippen LogP contribution is 2.36. The summed E-state index contributed by atoms with van der Waals surface area (Å²) in [4.78, 5) is 42.1. The van der Waals surface area contributed by atoms with E-state index in [0.717, 1.165) is 48.8 Å². The molecule has 1 saturated carbocycles. The number of rotatable bonds is 12. The lowest BCUT2D eigenvalue weighted by molar-refractivity contribution is -0.143. The molecule has 1 aliphatic carbocycles. The fraction of sp³-hybridized carbons (Fsp3) is 0.690. The maximum absolute atomic E-state index is 14.1. The van der Waals surface area contributed by atoms with E-state index < -0.39 is 23.8 Å². The van der Waals surface area contributed by atoms with E-state index in [4.69, 9.17) is 4.74 Å². The van der Waals surface area contributed by atoms with Gasteiger partial charge in [-0.25, -0.2) is 4.79 Å². The van der Waals surface area contributed by atoms with E-state index in [-0.39, 0.29) is 23.8 Å². The third-order valence-corrected chi connectivity index (χ3v) is 6.06. The van der Waals surface area contributed by atoms with Gasteiger partial charge < -0.3 is 20.3 Å². The van der Waals surface area contributed by atoms with Gasteiger partial charge in [0.05, 0.1) is 0 Å². The number of benzene rings is 1. The summed E-state index contributed by atoms with van der Waals surface area (Å²) in [6.07, 6.45) is 4.53. The molecule has 0 saturated heterocycles. The Bertz CT molecular complexity index is 882. The highest BCUT2D eigenvalue weighted by Gasteiger charge is 2.44. The van der Waals surface area contributed by atoms with Crippen molar-refractivity contribution < 1.29 is 19.1 Å². The third kappa shape index (κ3) is 9.47. The lowest BCUT2D eigenvalue weighted by Crippen LogP contribution is -2.54. The van der Waals surface area contributed by atoms with Crippen LogP contribution in [0.25, 0.3) is 0 Å². The molecule has 202 valence electrons. The third-order valence-electron chi connectivity index (χ3n) is 6.06. The number of nitrogens with zero attached hydrogens (tertiary/aromatic N) is 1. The van der Waals surface area contributed by atoms with Crippen LogP contribution in [0.1, 0.15) is 103 Å². The molecule has 1 fully saturated rings. The molecule has 7 heteroatoms. The Balaban J connectivity index is 2.42. The van der Waals surface area contributed by atoms with Gasteiger partial charge in [0, 0.05) is 12.6 Å². The van der Waals surface area contributed by atoms with Gasteiger partial charge in [0.1, 0.15) is 17.7 Å². The van der Waals surface area contributed by atoms with E-state index in [1.807, 2.05) is 39.8 Å². The highest BCUT2D eigenvalue weighted by atomic mass is 16.6. The number of hydrogen-bond donors (Lipinski definition) is 2. The molecule has 0 radical (unpaired) electrons. The van der Waals surface area contributed by atoms with Crippen molar-refractivity contribution in [1.82, 2.24) is 15.5 Å². The number of amides is 3. The normalized spacial score (nSPS) is 15.2. The minimum atomic E-state index is -0.776. The van der Waals surface area contributed by atoms with Gasteiger partial charge in [0.2, 0.25) is 11.8 Å². The lowest BCUT2D eigenvalue weighted by Gasteiger charge is -2.35. The van der Waals surface area contributed by atoms with Crippen LogP contribution in [0.3, 0.4) is 0 Å². The number of carbonyl (C=O) groups is 3. The van der Waals surface area contributed by atoms with E-state index in [1.165, 1.54) is 0 Å². The van der Waals surface area contributed by atoms with Crippen molar-refractivity contribution in [3.63, 3.8) is 0 Å². The van der Waals surface area contributed by atoms with Gasteiger partial charge in [-0.15, -0.1) is 0 Å². The molecule has 2 atom stereocenters. The van der Waals surface area contributed by atoms with Crippen LogP contribution in [-0.4, -0.2) is 47.0 Å². The average molecular weight is 502 g/mol. The van der Waals surface area contributed by atoms with Gasteiger partial charge in [-0.2, -0.15) is 0 Å². The Morgan fingerprint density at radius 2 is 1.67 bits per heavy atom. The maximum Gasteiger partial charge on any atom is 0.408 e. The van der Waals surface area contributed by atoms with E-state index in [0.29, 0.717) is 13.0 Å². The largest absolute Gasteiger partial charge is 0.444 e. The predicted octanol–water partition coefficient (Wildman–Crippen LogP) is 5.58. The molecule has 3 amide bonds. The molecule has 1 aromatic rings. The Morgan fingerprint density at radius 1 is 1.06 bits per heavy atom. The van der Waals surface area contributed by atoms with Gasteiger partial charge in [-0.05, 0) is 71.8 Å². The first-order valence-corrected chi connectivity index (χ1v) is 13.5. The van der Waals surface area contributed by atoms with Gasteiger partial charge in [-0.3, -0.25) is 9.59 Å². The van der Waals surface area contributed by atoms with Crippen molar-refractivity contribution in [1.29, 1.82) is 0 Å². The first kappa shape index (κ1) is 29.7. The van der Waals surface area contributed by atoms with Crippen molar-refractivity contribution >= 4 is 17.9 Å². The standard InChI is InChI=1S/C29H47N3O4/c1-9-10-11-14-30-26(33)25(22-17-20(4)16-21(5)18-22)32(23-12-13-23)27(34)24(15-19(2)3)31-28(35)36-29(6,7)8/h16-19,23-25H,9-15H2,1-8H3,(H,30,33)(H,31,35). The van der Waals surface area contributed by atoms with Crippen molar-refractivity contribution in [3.05, 3.63) is 34.9 Å². The molecular weight excluding hydrogens is 454 g/mol. The second-order valence-electron chi connectivity index (χ2n) is 11.6. The highest BCUT2D eigenvalue weighted by molar-refractivity contribution is 5.92. The molecule has 0 aromatic heterocycles. The second-order valence-corrected chi connectivity index (χ2v) is 11.6. The van der Waals surface area contributed by atoms with Gasteiger partial charge in [-0.1, -0.05) is 62.9 Å². The van der Waals surface area contributed by atoms with Crippen LogP contribution >= 0.6 is 0 Å². The topological polar surface area (TPSA) is 87.7 Å². The SMILES string of the molecule is CCCCCNC(=O)C(c1cc(C)cc(C)c1)N(C(=O)C(CC(C)C)NC(=O)OC(C)(C)C)C1CC1. The molecule has 1 aromatic carbocycles. The minimum absolute atomic E-state index is 0.0280. The number of carbonyl (C=O) groups excluding carboxylic acids is 3. The van der Waals surface area contributed by atoms with Crippen molar-refractivity contribution in [2.24, 2.45) is 5.92 Å². The first-order chi connectivity index (χ1) is 16.8. The summed E-state index contributed by atoms with van der Waals surface area (Å²) in [6, 6.07) is 4.49. The molecule has 2 rings (SSSR count). The van der Waals surface area contributed by atoms with Crippen LogP contribution in [0.5, 0.6) is 0 Å². The van der Waals surface area contributed by atoms with Gasteiger partial charge in [0.15, 0.2) is 0 Å². The summed E-state index contributed by atoms with van der Waals surface area (Å²) in [5.41, 5.74) is 2.22. The smallest absolute Gasteiger partial charge is 0.408 e. The molecule has 0 heterocycles. The summed E-state index contributed by atoms with van der Waals surface area (Å²) in [5, 5.41) is 5.89. The zero-order valence-corrected chi connectivity index (χ0v) is 23.6. The monoisotopic (exact) mass is 501 g/mol. The Labute approximate surface area is 217 Å². The molecular formula is C29H47N3O4. The second kappa shape index (κ2) is 13.1. The average Bonchev–Trinajstić information content (AvgIpc) is 3.56. The zero-order chi connectivity index (χ0) is 27.0.